The third kappa shape index (κ3) is 4.27. The van der Waals surface area contributed by atoms with Crippen LogP contribution in [0.3, 0.4) is 0 Å². The molecule has 0 unspecified atom stereocenters. The van der Waals surface area contributed by atoms with Gasteiger partial charge in [0.15, 0.2) is 5.82 Å². The zero-order valence-corrected chi connectivity index (χ0v) is 18.5. The fourth-order valence-electron chi connectivity index (χ4n) is 4.86. The van der Waals surface area contributed by atoms with E-state index in [4.69, 9.17) is 9.47 Å². The number of fused-ring (bicyclic) bond motifs is 1. The van der Waals surface area contributed by atoms with Crippen LogP contribution in [0.4, 0.5) is 0 Å². The number of benzene rings is 1. The SMILES string of the molecule is CCOc1ccc2[nH]c(=O)c([C@H](c3nnnn3C[C@@H]3CCCO3)N3CCCCC3)cc2c1. The van der Waals surface area contributed by atoms with Crippen molar-refractivity contribution >= 4 is 10.9 Å². The Morgan fingerprint density at radius 3 is 2.88 bits per heavy atom. The first-order valence-electron chi connectivity index (χ1n) is 11.6. The number of ether oxygens (including phenoxy) is 2. The lowest BCUT2D eigenvalue weighted by Gasteiger charge is -2.33. The number of tetrazole rings is 1. The van der Waals surface area contributed by atoms with E-state index in [0.717, 1.165) is 62.0 Å². The third-order valence-electron chi connectivity index (χ3n) is 6.41. The third-order valence-corrected chi connectivity index (χ3v) is 6.41. The summed E-state index contributed by atoms with van der Waals surface area (Å²) in [6.07, 6.45) is 5.58. The summed E-state index contributed by atoms with van der Waals surface area (Å²) in [4.78, 5) is 18.7. The van der Waals surface area contributed by atoms with Crippen molar-refractivity contribution in [1.29, 1.82) is 0 Å². The number of piperidine rings is 1. The van der Waals surface area contributed by atoms with Gasteiger partial charge in [0.25, 0.3) is 5.56 Å². The minimum Gasteiger partial charge on any atom is -0.494 e. The van der Waals surface area contributed by atoms with Crippen molar-refractivity contribution in [3.8, 4) is 5.75 Å². The molecule has 3 aromatic rings. The molecule has 9 nitrogen and oxygen atoms in total. The summed E-state index contributed by atoms with van der Waals surface area (Å²) in [5.41, 5.74) is 1.35. The van der Waals surface area contributed by atoms with E-state index >= 15 is 0 Å². The summed E-state index contributed by atoms with van der Waals surface area (Å²) in [6.45, 7) is 5.76. The number of aromatic amines is 1. The van der Waals surface area contributed by atoms with E-state index in [-0.39, 0.29) is 17.7 Å². The molecule has 0 saturated carbocycles. The average molecular weight is 439 g/mol. The Balaban J connectivity index is 1.58. The Kier molecular flexibility index (Phi) is 6.18. The van der Waals surface area contributed by atoms with Crippen molar-refractivity contribution in [3.63, 3.8) is 0 Å². The highest BCUT2D eigenvalue weighted by atomic mass is 16.5. The number of hydrogen-bond acceptors (Lipinski definition) is 7. The number of likely N-dealkylation sites (tertiary alicyclic amines) is 1. The zero-order valence-electron chi connectivity index (χ0n) is 18.5. The molecule has 9 heteroatoms. The standard InChI is InChI=1S/C23H30N6O3/c1-2-31-17-8-9-20-16(13-17)14-19(23(30)24-20)21(28-10-4-3-5-11-28)22-25-26-27-29(22)15-18-7-6-12-32-18/h8-9,13-14,18,21H,2-7,10-12,15H2,1H3,(H,24,30)/t18-,21+/m0/s1. The van der Waals surface area contributed by atoms with Crippen molar-refractivity contribution in [2.75, 3.05) is 26.3 Å². The van der Waals surface area contributed by atoms with Gasteiger partial charge in [-0.15, -0.1) is 5.10 Å². The smallest absolute Gasteiger partial charge is 0.253 e. The highest BCUT2D eigenvalue weighted by molar-refractivity contribution is 5.80. The highest BCUT2D eigenvalue weighted by Crippen LogP contribution is 2.30. The highest BCUT2D eigenvalue weighted by Gasteiger charge is 2.32. The molecule has 4 heterocycles. The van der Waals surface area contributed by atoms with Gasteiger partial charge in [0.05, 0.1) is 19.3 Å². The molecule has 2 fully saturated rings. The second-order valence-electron chi connectivity index (χ2n) is 8.59. The van der Waals surface area contributed by atoms with Crippen molar-refractivity contribution < 1.29 is 9.47 Å². The number of pyridine rings is 1. The summed E-state index contributed by atoms with van der Waals surface area (Å²) < 4.78 is 13.3. The molecular weight excluding hydrogens is 408 g/mol. The van der Waals surface area contributed by atoms with E-state index in [1.807, 2.05) is 35.9 Å². The van der Waals surface area contributed by atoms with Crippen molar-refractivity contribution in [1.82, 2.24) is 30.1 Å². The Labute approximate surface area is 186 Å². The van der Waals surface area contributed by atoms with E-state index in [1.54, 1.807) is 0 Å². The normalized spacial score (nSPS) is 20.6. The predicted octanol–water partition coefficient (Wildman–Crippen LogP) is 2.67. The van der Waals surface area contributed by atoms with Gasteiger partial charge in [-0.3, -0.25) is 9.69 Å². The van der Waals surface area contributed by atoms with Gasteiger partial charge in [-0.05, 0) is 80.4 Å². The first-order valence-corrected chi connectivity index (χ1v) is 11.6. The molecule has 0 bridgehead atoms. The predicted molar refractivity (Wildman–Crippen MR) is 120 cm³/mol. The first-order chi connectivity index (χ1) is 15.7. The quantitative estimate of drug-likeness (QED) is 0.606. The molecule has 2 atom stereocenters. The maximum Gasteiger partial charge on any atom is 0.253 e. The van der Waals surface area contributed by atoms with Crippen LogP contribution in [-0.4, -0.2) is 62.5 Å². The zero-order chi connectivity index (χ0) is 21.9. The van der Waals surface area contributed by atoms with Crippen molar-refractivity contribution in [3.05, 3.63) is 46.0 Å². The molecule has 2 saturated heterocycles. The van der Waals surface area contributed by atoms with Crippen LogP contribution in [0.25, 0.3) is 10.9 Å². The summed E-state index contributed by atoms with van der Waals surface area (Å²) in [5.74, 6) is 1.49. The fourth-order valence-corrected chi connectivity index (χ4v) is 4.86. The molecule has 170 valence electrons. The Bertz CT molecular complexity index is 1110. The van der Waals surface area contributed by atoms with E-state index < -0.39 is 0 Å². The second kappa shape index (κ2) is 9.38. The van der Waals surface area contributed by atoms with E-state index in [1.165, 1.54) is 6.42 Å². The van der Waals surface area contributed by atoms with E-state index in [0.29, 0.717) is 24.5 Å². The average Bonchev–Trinajstić information content (AvgIpc) is 3.49. The lowest BCUT2D eigenvalue weighted by molar-refractivity contribution is 0.0902. The van der Waals surface area contributed by atoms with Gasteiger partial charge in [0.1, 0.15) is 11.8 Å². The van der Waals surface area contributed by atoms with Crippen LogP contribution >= 0.6 is 0 Å². The summed E-state index contributed by atoms with van der Waals surface area (Å²) in [6, 6.07) is 7.41. The van der Waals surface area contributed by atoms with Crippen LogP contribution < -0.4 is 10.3 Å². The number of nitrogens with one attached hydrogen (secondary N) is 1. The van der Waals surface area contributed by atoms with Crippen LogP contribution in [0.1, 0.15) is 56.5 Å². The summed E-state index contributed by atoms with van der Waals surface area (Å²) >= 11 is 0. The van der Waals surface area contributed by atoms with Gasteiger partial charge < -0.3 is 14.5 Å². The van der Waals surface area contributed by atoms with Gasteiger partial charge in [0, 0.05) is 23.1 Å². The van der Waals surface area contributed by atoms with Crippen LogP contribution in [0.5, 0.6) is 5.75 Å². The lowest BCUT2D eigenvalue weighted by atomic mass is 10.0. The molecule has 1 aromatic carbocycles. The minimum atomic E-state index is -0.310. The van der Waals surface area contributed by atoms with E-state index in [9.17, 15) is 4.79 Å². The Morgan fingerprint density at radius 1 is 1.22 bits per heavy atom. The second-order valence-corrected chi connectivity index (χ2v) is 8.59. The maximum absolute atomic E-state index is 13.3. The van der Waals surface area contributed by atoms with Crippen LogP contribution in [0.15, 0.2) is 29.1 Å². The van der Waals surface area contributed by atoms with Gasteiger partial charge in [0.2, 0.25) is 0 Å². The van der Waals surface area contributed by atoms with Gasteiger partial charge in [-0.1, -0.05) is 6.42 Å². The van der Waals surface area contributed by atoms with Crippen molar-refractivity contribution in [2.24, 2.45) is 0 Å². The molecule has 1 N–H and O–H groups in total. The number of aromatic nitrogens is 5. The fraction of sp³-hybridized carbons (Fsp3) is 0.565. The topological polar surface area (TPSA) is 98.2 Å². The maximum atomic E-state index is 13.3. The molecule has 2 aliphatic rings. The number of nitrogens with zero attached hydrogens (tertiary/aromatic N) is 5. The summed E-state index contributed by atoms with van der Waals surface area (Å²) in [5, 5.41) is 13.6. The Morgan fingerprint density at radius 2 is 2.09 bits per heavy atom. The lowest BCUT2D eigenvalue weighted by Crippen LogP contribution is -2.39. The molecule has 2 aromatic heterocycles. The molecule has 0 amide bonds. The molecule has 5 rings (SSSR count). The monoisotopic (exact) mass is 438 g/mol. The van der Waals surface area contributed by atoms with Crippen molar-refractivity contribution in [2.45, 2.75) is 57.7 Å². The summed E-state index contributed by atoms with van der Waals surface area (Å²) in [7, 11) is 0. The Hall–Kier alpha value is -2.78. The van der Waals surface area contributed by atoms with Gasteiger partial charge in [-0.25, -0.2) is 4.68 Å². The molecule has 0 spiro atoms. The minimum absolute atomic E-state index is 0.108. The van der Waals surface area contributed by atoms with Crippen LogP contribution in [0, 0.1) is 0 Å². The number of rotatable bonds is 7. The number of H-pyrrole nitrogens is 1. The largest absolute Gasteiger partial charge is 0.494 e. The van der Waals surface area contributed by atoms with Crippen LogP contribution in [-0.2, 0) is 11.3 Å². The van der Waals surface area contributed by atoms with Gasteiger partial charge in [-0.2, -0.15) is 0 Å². The van der Waals surface area contributed by atoms with Gasteiger partial charge >= 0.3 is 0 Å². The number of hydrogen-bond donors (Lipinski definition) is 1. The molecule has 32 heavy (non-hydrogen) atoms. The molecular formula is C23H30N6O3. The first kappa shape index (κ1) is 21.1. The molecule has 0 aliphatic carbocycles. The van der Waals surface area contributed by atoms with E-state index in [2.05, 4.69) is 25.4 Å². The molecule has 2 aliphatic heterocycles. The van der Waals surface area contributed by atoms with Crippen LogP contribution in [0.2, 0.25) is 0 Å². The molecule has 0 radical (unpaired) electrons.